The minimum Gasteiger partial charge on any atom is -0.504 e. The highest BCUT2D eigenvalue weighted by Crippen LogP contribution is 2.66. The molecule has 7 nitrogen and oxygen atoms in total. The molecular formula is C31H46N2O5. The van der Waals surface area contributed by atoms with E-state index in [0.717, 1.165) is 56.7 Å². The van der Waals surface area contributed by atoms with Gasteiger partial charge in [-0.1, -0.05) is 26.3 Å². The van der Waals surface area contributed by atoms with E-state index < -0.39 is 11.6 Å². The number of aromatic hydroxyl groups is 1. The predicted molar refractivity (Wildman–Crippen MR) is 146 cm³/mol. The van der Waals surface area contributed by atoms with Crippen molar-refractivity contribution in [3.8, 4) is 11.5 Å². The standard InChI is InChI=1S/C31H46N2O5/c1-7-18(2)25(28(35)38-29(3,4)5)32-21-12-13-31(36-6)23-16-20-10-11-22(34)26-24(20)30(31,27(21)37-26)14-15-33(23)17-19-8-9-19/h10-11,18-19,21,23,25,27,32,34H,7-9,12-17H2,1-6H3/t18?,21?,23?,25?,27-,30-,31+/m0/s1. The van der Waals surface area contributed by atoms with Gasteiger partial charge >= 0.3 is 5.97 Å². The number of methoxy groups -OCH3 is 1. The zero-order chi connectivity index (χ0) is 27.0. The van der Waals surface area contributed by atoms with Crippen molar-refractivity contribution in [2.75, 3.05) is 20.2 Å². The summed E-state index contributed by atoms with van der Waals surface area (Å²) in [4.78, 5) is 16.1. The van der Waals surface area contributed by atoms with Crippen molar-refractivity contribution >= 4 is 5.97 Å². The lowest BCUT2D eigenvalue weighted by Gasteiger charge is -2.66. The van der Waals surface area contributed by atoms with Crippen molar-refractivity contribution in [1.29, 1.82) is 0 Å². The van der Waals surface area contributed by atoms with E-state index in [1.54, 1.807) is 6.07 Å². The van der Waals surface area contributed by atoms with Crippen molar-refractivity contribution in [2.45, 2.75) is 120 Å². The first kappa shape index (κ1) is 26.4. The molecule has 2 aliphatic heterocycles. The highest BCUT2D eigenvalue weighted by atomic mass is 16.6. The Kier molecular flexibility index (Phi) is 6.32. The molecule has 2 saturated carbocycles. The molecule has 7 heteroatoms. The summed E-state index contributed by atoms with van der Waals surface area (Å²) >= 11 is 0. The molecule has 0 aromatic heterocycles. The maximum Gasteiger partial charge on any atom is 0.323 e. The second-order valence-corrected chi connectivity index (χ2v) is 13.7. The lowest BCUT2D eigenvalue weighted by Crippen LogP contribution is -2.79. The molecular weight excluding hydrogens is 480 g/mol. The van der Waals surface area contributed by atoms with Crippen LogP contribution in [0.5, 0.6) is 11.5 Å². The number of carbonyl (C=O) groups excluding carboxylic acids is 1. The molecule has 6 rings (SSSR count). The van der Waals surface area contributed by atoms with Gasteiger partial charge in [0.05, 0.1) is 11.0 Å². The van der Waals surface area contributed by atoms with Crippen molar-refractivity contribution < 1.29 is 24.1 Å². The van der Waals surface area contributed by atoms with Crippen LogP contribution in [-0.2, 0) is 26.1 Å². The second kappa shape index (κ2) is 9.10. The van der Waals surface area contributed by atoms with Crippen LogP contribution in [0, 0.1) is 11.8 Å². The fraction of sp³-hybridized carbons (Fsp3) is 0.774. The van der Waals surface area contributed by atoms with Crippen LogP contribution in [0.2, 0.25) is 0 Å². The van der Waals surface area contributed by atoms with E-state index in [1.807, 2.05) is 27.9 Å². The summed E-state index contributed by atoms with van der Waals surface area (Å²) < 4.78 is 19.4. The van der Waals surface area contributed by atoms with Gasteiger partial charge in [-0.3, -0.25) is 15.0 Å². The number of rotatable bonds is 8. The minimum atomic E-state index is -0.549. The quantitative estimate of drug-likeness (QED) is 0.488. The Morgan fingerprint density at radius 2 is 2.03 bits per heavy atom. The Bertz CT molecular complexity index is 1100. The molecule has 2 heterocycles. The number of likely N-dealkylation sites (tertiary alicyclic amines) is 1. The van der Waals surface area contributed by atoms with Gasteiger partial charge in [0.25, 0.3) is 0 Å². The number of carbonyl (C=O) groups is 1. The van der Waals surface area contributed by atoms with Crippen molar-refractivity contribution in [2.24, 2.45) is 11.8 Å². The third-order valence-electron chi connectivity index (χ3n) is 10.4. The van der Waals surface area contributed by atoms with Crippen LogP contribution >= 0.6 is 0 Å². The zero-order valence-electron chi connectivity index (χ0n) is 24.0. The number of esters is 1. The largest absolute Gasteiger partial charge is 0.504 e. The smallest absolute Gasteiger partial charge is 0.323 e. The molecule has 38 heavy (non-hydrogen) atoms. The Balaban J connectivity index is 1.40. The number of benzene rings is 1. The maximum atomic E-state index is 13.4. The van der Waals surface area contributed by atoms with Crippen LogP contribution < -0.4 is 10.1 Å². The number of ether oxygens (including phenoxy) is 3. The first-order valence-electron chi connectivity index (χ1n) is 14.8. The van der Waals surface area contributed by atoms with E-state index in [2.05, 4.69) is 30.1 Å². The van der Waals surface area contributed by atoms with E-state index in [-0.39, 0.29) is 46.8 Å². The number of piperidine rings is 1. The summed E-state index contributed by atoms with van der Waals surface area (Å²) in [5.41, 5.74) is 1.15. The van der Waals surface area contributed by atoms with Crippen molar-refractivity contribution in [1.82, 2.24) is 10.2 Å². The van der Waals surface area contributed by atoms with Crippen molar-refractivity contribution in [3.05, 3.63) is 23.3 Å². The summed E-state index contributed by atoms with van der Waals surface area (Å²) in [5.74, 6) is 1.57. The third kappa shape index (κ3) is 3.82. The molecule has 2 bridgehead atoms. The fourth-order valence-corrected chi connectivity index (χ4v) is 8.34. The van der Waals surface area contributed by atoms with Crippen LogP contribution in [-0.4, -0.2) is 71.6 Å². The van der Waals surface area contributed by atoms with E-state index in [1.165, 1.54) is 18.4 Å². The summed E-state index contributed by atoms with van der Waals surface area (Å²) in [7, 11) is 1.88. The SMILES string of the molecule is CCC(C)C(NC1CC[C@@]2(OC)C3Cc4ccc(O)c5c4[C@@]2(CCN3CC2CC2)[C@H]1O5)C(=O)OC(C)(C)C. The number of hydrogen-bond acceptors (Lipinski definition) is 7. The molecule has 5 aliphatic rings. The van der Waals surface area contributed by atoms with Gasteiger partial charge in [-0.15, -0.1) is 0 Å². The molecule has 1 spiro atoms. The average Bonchev–Trinajstić information content (AvgIpc) is 3.61. The van der Waals surface area contributed by atoms with Crippen molar-refractivity contribution in [3.63, 3.8) is 0 Å². The number of phenols is 1. The Hall–Kier alpha value is -1.83. The van der Waals surface area contributed by atoms with Gasteiger partial charge in [-0.25, -0.2) is 0 Å². The van der Waals surface area contributed by atoms with Gasteiger partial charge < -0.3 is 19.3 Å². The summed E-state index contributed by atoms with van der Waals surface area (Å²) in [6, 6.07) is 3.71. The van der Waals surface area contributed by atoms with Crippen LogP contribution in [0.25, 0.3) is 0 Å². The molecule has 4 unspecified atom stereocenters. The fourth-order valence-electron chi connectivity index (χ4n) is 8.34. The molecule has 0 amide bonds. The molecule has 1 saturated heterocycles. The van der Waals surface area contributed by atoms with Gasteiger partial charge in [-0.2, -0.15) is 0 Å². The normalized spacial score (nSPS) is 35.3. The molecule has 1 aromatic rings. The average molecular weight is 527 g/mol. The van der Waals surface area contributed by atoms with Gasteiger partial charge in [0.15, 0.2) is 11.5 Å². The lowest BCUT2D eigenvalue weighted by atomic mass is 9.48. The molecule has 2 N–H and O–H groups in total. The Morgan fingerprint density at radius 3 is 2.68 bits per heavy atom. The highest BCUT2D eigenvalue weighted by Gasteiger charge is 2.74. The summed E-state index contributed by atoms with van der Waals surface area (Å²) in [5, 5.41) is 14.7. The van der Waals surface area contributed by atoms with E-state index in [4.69, 9.17) is 14.2 Å². The van der Waals surface area contributed by atoms with Crippen LogP contribution in [0.4, 0.5) is 0 Å². The maximum absolute atomic E-state index is 13.4. The van der Waals surface area contributed by atoms with Crippen LogP contribution in [0.3, 0.4) is 0 Å². The number of phenolic OH excluding ortho intramolecular Hbond substituents is 1. The summed E-state index contributed by atoms with van der Waals surface area (Å²) in [6.07, 6.45) is 6.90. The first-order chi connectivity index (χ1) is 18.0. The van der Waals surface area contributed by atoms with Crippen LogP contribution in [0.15, 0.2) is 12.1 Å². The molecule has 0 radical (unpaired) electrons. The zero-order valence-corrected chi connectivity index (χ0v) is 24.0. The molecule has 7 atom stereocenters. The van der Waals surface area contributed by atoms with Crippen LogP contribution in [0.1, 0.15) is 84.3 Å². The summed E-state index contributed by atoms with van der Waals surface area (Å²) in [6.45, 7) is 12.1. The third-order valence-corrected chi connectivity index (χ3v) is 10.4. The van der Waals surface area contributed by atoms with Gasteiger partial charge in [0.1, 0.15) is 17.7 Å². The molecule has 210 valence electrons. The number of nitrogens with zero attached hydrogens (tertiary/aromatic N) is 1. The number of nitrogens with one attached hydrogen (secondary N) is 1. The molecule has 3 fully saturated rings. The predicted octanol–water partition coefficient (Wildman–Crippen LogP) is 4.33. The Labute approximate surface area is 227 Å². The topological polar surface area (TPSA) is 80.3 Å². The second-order valence-electron chi connectivity index (χ2n) is 13.7. The van der Waals surface area contributed by atoms with E-state index in [9.17, 15) is 9.90 Å². The van der Waals surface area contributed by atoms with Gasteiger partial charge in [-0.05, 0) is 89.3 Å². The monoisotopic (exact) mass is 526 g/mol. The van der Waals surface area contributed by atoms with E-state index >= 15 is 0 Å². The van der Waals surface area contributed by atoms with E-state index in [0.29, 0.717) is 5.75 Å². The molecule has 3 aliphatic carbocycles. The number of hydrogen-bond donors (Lipinski definition) is 2. The Morgan fingerprint density at radius 1 is 1.26 bits per heavy atom. The lowest BCUT2D eigenvalue weighted by molar-refractivity contribution is -0.208. The van der Waals surface area contributed by atoms with Gasteiger partial charge in [0.2, 0.25) is 0 Å². The molecule has 1 aromatic carbocycles. The minimum absolute atomic E-state index is 0.0572. The highest BCUT2D eigenvalue weighted by molar-refractivity contribution is 5.76. The first-order valence-corrected chi connectivity index (χ1v) is 14.8. The van der Waals surface area contributed by atoms with Gasteiger partial charge in [0, 0.05) is 31.3 Å².